The molecule has 0 aromatic rings. The summed E-state index contributed by atoms with van der Waals surface area (Å²) in [7, 11) is 3.15. The maximum atomic E-state index is 7.00. The van der Waals surface area contributed by atoms with E-state index in [0.717, 1.165) is 26.9 Å². The molecular weight excluding hydrogens is 166 g/mol. The van der Waals surface area contributed by atoms with Crippen LogP contribution in [0.1, 0.15) is 26.7 Å². The first-order valence-electron chi connectivity index (χ1n) is 5.02. The second-order valence-corrected chi connectivity index (χ2v) is 2.85. The van der Waals surface area contributed by atoms with Crippen LogP contribution in [0.3, 0.4) is 0 Å². The lowest BCUT2D eigenvalue weighted by molar-refractivity contribution is 0.122. The number of ether oxygens (including phenoxy) is 1. The SMILES string of the molecule is CCCCN(C)CCOCC.CO. The number of hydrogen-bond acceptors (Lipinski definition) is 3. The van der Waals surface area contributed by atoms with Crippen LogP contribution in [0, 0.1) is 0 Å². The van der Waals surface area contributed by atoms with Gasteiger partial charge in [0.05, 0.1) is 6.61 Å². The monoisotopic (exact) mass is 191 g/mol. The maximum absolute atomic E-state index is 7.00. The van der Waals surface area contributed by atoms with E-state index in [1.807, 2.05) is 6.92 Å². The highest BCUT2D eigenvalue weighted by Crippen LogP contribution is 1.90. The Hall–Kier alpha value is -0.120. The molecule has 3 nitrogen and oxygen atoms in total. The number of aliphatic hydroxyl groups excluding tert-OH is 1. The summed E-state index contributed by atoms with van der Waals surface area (Å²) >= 11 is 0. The molecule has 0 amide bonds. The van der Waals surface area contributed by atoms with Gasteiger partial charge in [-0.3, -0.25) is 0 Å². The summed E-state index contributed by atoms with van der Waals surface area (Å²) in [6.07, 6.45) is 2.57. The van der Waals surface area contributed by atoms with Crippen LogP contribution < -0.4 is 0 Å². The van der Waals surface area contributed by atoms with Gasteiger partial charge in [0.25, 0.3) is 0 Å². The van der Waals surface area contributed by atoms with E-state index in [1.54, 1.807) is 0 Å². The summed E-state index contributed by atoms with van der Waals surface area (Å²) in [4.78, 5) is 2.32. The molecule has 0 spiro atoms. The fourth-order valence-corrected chi connectivity index (χ4v) is 0.905. The molecule has 0 fully saturated rings. The molecular formula is C10H25NO2. The molecule has 0 bridgehead atoms. The van der Waals surface area contributed by atoms with Gasteiger partial charge in [0.1, 0.15) is 0 Å². The summed E-state index contributed by atoms with van der Waals surface area (Å²) < 4.78 is 5.24. The molecule has 0 saturated heterocycles. The largest absolute Gasteiger partial charge is 0.400 e. The van der Waals surface area contributed by atoms with Crippen molar-refractivity contribution in [3.8, 4) is 0 Å². The first-order chi connectivity index (χ1) is 6.31. The molecule has 0 radical (unpaired) electrons. The van der Waals surface area contributed by atoms with Gasteiger partial charge >= 0.3 is 0 Å². The van der Waals surface area contributed by atoms with E-state index in [1.165, 1.54) is 19.4 Å². The molecule has 0 heterocycles. The van der Waals surface area contributed by atoms with E-state index >= 15 is 0 Å². The molecule has 0 aliphatic heterocycles. The Labute approximate surface area is 82.7 Å². The minimum atomic E-state index is 0.835. The Morgan fingerprint density at radius 1 is 1.15 bits per heavy atom. The highest BCUT2D eigenvalue weighted by atomic mass is 16.5. The van der Waals surface area contributed by atoms with Crippen LogP contribution in [-0.4, -0.2) is 50.5 Å². The molecule has 0 rings (SSSR count). The Morgan fingerprint density at radius 2 is 1.77 bits per heavy atom. The fourth-order valence-electron chi connectivity index (χ4n) is 0.905. The quantitative estimate of drug-likeness (QED) is 0.617. The standard InChI is InChI=1S/C9H21NO.CH4O/c1-4-6-7-10(3)8-9-11-5-2;1-2/h4-9H2,1-3H3;2H,1H3. The lowest BCUT2D eigenvalue weighted by atomic mass is 10.3. The first kappa shape index (κ1) is 15.4. The second-order valence-electron chi connectivity index (χ2n) is 2.85. The molecule has 0 aliphatic carbocycles. The van der Waals surface area contributed by atoms with E-state index in [2.05, 4.69) is 18.9 Å². The molecule has 13 heavy (non-hydrogen) atoms. The van der Waals surface area contributed by atoms with Gasteiger partial charge in [-0.2, -0.15) is 0 Å². The van der Waals surface area contributed by atoms with E-state index in [9.17, 15) is 0 Å². The van der Waals surface area contributed by atoms with Gasteiger partial charge in [0.15, 0.2) is 0 Å². The van der Waals surface area contributed by atoms with Gasteiger partial charge < -0.3 is 14.7 Å². The second kappa shape index (κ2) is 14.4. The van der Waals surface area contributed by atoms with Crippen molar-refractivity contribution < 1.29 is 9.84 Å². The molecule has 0 aromatic heterocycles. The zero-order valence-corrected chi connectivity index (χ0v) is 9.55. The van der Waals surface area contributed by atoms with Crippen LogP contribution >= 0.6 is 0 Å². The summed E-state index contributed by atoms with van der Waals surface area (Å²) in [5, 5.41) is 7.00. The Bertz CT molecular complexity index is 79.3. The number of nitrogens with zero attached hydrogens (tertiary/aromatic N) is 1. The highest BCUT2D eigenvalue weighted by Gasteiger charge is 1.95. The van der Waals surface area contributed by atoms with Crippen LogP contribution in [0.15, 0.2) is 0 Å². The van der Waals surface area contributed by atoms with Crippen LogP contribution in [0.4, 0.5) is 0 Å². The predicted molar refractivity (Wildman–Crippen MR) is 57.0 cm³/mol. The zero-order valence-electron chi connectivity index (χ0n) is 9.55. The Morgan fingerprint density at radius 3 is 2.23 bits per heavy atom. The number of unbranched alkanes of at least 4 members (excludes halogenated alkanes) is 1. The summed E-state index contributed by atoms with van der Waals surface area (Å²) in [5.74, 6) is 0. The van der Waals surface area contributed by atoms with E-state index < -0.39 is 0 Å². The van der Waals surface area contributed by atoms with Crippen molar-refractivity contribution in [1.82, 2.24) is 4.90 Å². The predicted octanol–water partition coefficient (Wildman–Crippen LogP) is 1.36. The van der Waals surface area contributed by atoms with Crippen molar-refractivity contribution in [3.05, 3.63) is 0 Å². The topological polar surface area (TPSA) is 32.7 Å². The minimum absolute atomic E-state index is 0.835. The maximum Gasteiger partial charge on any atom is 0.0593 e. The molecule has 82 valence electrons. The van der Waals surface area contributed by atoms with Crippen molar-refractivity contribution in [1.29, 1.82) is 0 Å². The van der Waals surface area contributed by atoms with Gasteiger partial charge in [-0.25, -0.2) is 0 Å². The summed E-state index contributed by atoms with van der Waals surface area (Å²) in [6, 6.07) is 0. The molecule has 0 saturated carbocycles. The van der Waals surface area contributed by atoms with Crippen LogP contribution in [0.2, 0.25) is 0 Å². The first-order valence-corrected chi connectivity index (χ1v) is 5.02. The summed E-state index contributed by atoms with van der Waals surface area (Å²) in [6.45, 7) is 8.22. The number of likely N-dealkylation sites (N-methyl/N-ethyl adjacent to an activating group) is 1. The average Bonchev–Trinajstić information content (AvgIpc) is 2.18. The van der Waals surface area contributed by atoms with Gasteiger partial charge in [0, 0.05) is 20.3 Å². The van der Waals surface area contributed by atoms with Crippen LogP contribution in [-0.2, 0) is 4.74 Å². The average molecular weight is 191 g/mol. The van der Waals surface area contributed by atoms with Gasteiger partial charge in [0.2, 0.25) is 0 Å². The lowest BCUT2D eigenvalue weighted by Crippen LogP contribution is -2.24. The third-order valence-corrected chi connectivity index (χ3v) is 1.71. The lowest BCUT2D eigenvalue weighted by Gasteiger charge is -2.15. The van der Waals surface area contributed by atoms with Crippen molar-refractivity contribution in [3.63, 3.8) is 0 Å². The molecule has 0 aromatic carbocycles. The fraction of sp³-hybridized carbons (Fsp3) is 1.00. The number of rotatable bonds is 7. The normalized spacial score (nSPS) is 9.69. The van der Waals surface area contributed by atoms with Gasteiger partial charge in [-0.05, 0) is 26.9 Å². The summed E-state index contributed by atoms with van der Waals surface area (Å²) in [5.41, 5.74) is 0. The van der Waals surface area contributed by atoms with E-state index in [-0.39, 0.29) is 0 Å². The molecule has 0 atom stereocenters. The Balaban J connectivity index is 0. The Kier molecular flexibility index (Phi) is 17.0. The minimum Gasteiger partial charge on any atom is -0.400 e. The van der Waals surface area contributed by atoms with Gasteiger partial charge in [-0.1, -0.05) is 13.3 Å². The highest BCUT2D eigenvalue weighted by molar-refractivity contribution is 4.49. The van der Waals surface area contributed by atoms with Crippen LogP contribution in [0.5, 0.6) is 0 Å². The van der Waals surface area contributed by atoms with Crippen LogP contribution in [0.25, 0.3) is 0 Å². The molecule has 1 N–H and O–H groups in total. The smallest absolute Gasteiger partial charge is 0.0593 e. The third-order valence-electron chi connectivity index (χ3n) is 1.71. The zero-order chi connectivity index (χ0) is 10.5. The molecule has 0 unspecified atom stereocenters. The molecule has 0 aliphatic rings. The van der Waals surface area contributed by atoms with E-state index in [4.69, 9.17) is 9.84 Å². The number of hydrogen-bond donors (Lipinski definition) is 1. The van der Waals surface area contributed by atoms with Gasteiger partial charge in [-0.15, -0.1) is 0 Å². The third kappa shape index (κ3) is 14.7. The van der Waals surface area contributed by atoms with Crippen molar-refractivity contribution in [2.45, 2.75) is 26.7 Å². The molecule has 3 heteroatoms. The van der Waals surface area contributed by atoms with Crippen molar-refractivity contribution >= 4 is 0 Å². The number of aliphatic hydroxyl groups is 1. The van der Waals surface area contributed by atoms with E-state index in [0.29, 0.717) is 0 Å². The van der Waals surface area contributed by atoms with Crippen molar-refractivity contribution in [2.24, 2.45) is 0 Å². The van der Waals surface area contributed by atoms with Crippen molar-refractivity contribution in [2.75, 3.05) is 40.5 Å².